The third kappa shape index (κ3) is 5.80. The molecule has 1 aromatic heterocycles. The molecule has 0 radical (unpaired) electrons. The number of amides is 1. The average molecular weight is 592 g/mol. The van der Waals surface area contributed by atoms with Crippen LogP contribution >= 0.6 is 0 Å². The van der Waals surface area contributed by atoms with Crippen molar-refractivity contribution in [3.63, 3.8) is 0 Å². The number of ether oxygens (including phenoxy) is 4. The van der Waals surface area contributed by atoms with E-state index in [2.05, 4.69) is 5.32 Å². The number of rotatable bonds is 7. The predicted octanol–water partition coefficient (Wildman–Crippen LogP) is 3.99. The predicted molar refractivity (Wildman–Crippen MR) is 158 cm³/mol. The Balaban J connectivity index is 1.40. The van der Waals surface area contributed by atoms with Crippen LogP contribution in [0.15, 0.2) is 69.9 Å². The van der Waals surface area contributed by atoms with E-state index >= 15 is 0 Å². The van der Waals surface area contributed by atoms with Gasteiger partial charge in [0.1, 0.15) is 46.8 Å². The van der Waals surface area contributed by atoms with E-state index in [9.17, 15) is 24.9 Å². The number of anilines is 1. The fraction of sp³-hybridized carbons (Fsp3) is 0.312. The molecule has 4 atom stereocenters. The number of aromatic hydroxyl groups is 1. The maximum atomic E-state index is 13.2. The topological polar surface area (TPSA) is 157 Å². The molecule has 0 saturated carbocycles. The maximum Gasteiger partial charge on any atom is 0.360 e. The molecule has 2 heterocycles. The van der Waals surface area contributed by atoms with Gasteiger partial charge in [-0.25, -0.2) is 4.79 Å². The Hall–Kier alpha value is -4.42. The first-order valence-corrected chi connectivity index (χ1v) is 13.5. The molecule has 226 valence electrons. The van der Waals surface area contributed by atoms with Crippen molar-refractivity contribution in [3.8, 4) is 28.4 Å². The van der Waals surface area contributed by atoms with Crippen molar-refractivity contribution >= 4 is 22.6 Å². The summed E-state index contributed by atoms with van der Waals surface area (Å²) in [6.45, 7) is 5.11. The summed E-state index contributed by atoms with van der Waals surface area (Å²) < 4.78 is 28.1. The Labute approximate surface area is 247 Å². The fourth-order valence-corrected chi connectivity index (χ4v) is 5.29. The molecule has 4 aromatic rings. The minimum absolute atomic E-state index is 0.0654. The van der Waals surface area contributed by atoms with Crippen LogP contribution in [0.3, 0.4) is 0 Å². The highest BCUT2D eigenvalue weighted by molar-refractivity contribution is 6.05. The number of aliphatic hydroxyl groups is 2. The monoisotopic (exact) mass is 591 g/mol. The van der Waals surface area contributed by atoms with Crippen LogP contribution in [0.4, 0.5) is 5.69 Å². The van der Waals surface area contributed by atoms with Crippen LogP contribution in [0.1, 0.15) is 29.8 Å². The van der Waals surface area contributed by atoms with Crippen LogP contribution in [0, 0.1) is 6.92 Å². The number of hydrogen-bond acceptors (Lipinski definition) is 10. The van der Waals surface area contributed by atoms with Crippen molar-refractivity contribution in [2.24, 2.45) is 0 Å². The van der Waals surface area contributed by atoms with Gasteiger partial charge in [0.2, 0.25) is 6.29 Å². The van der Waals surface area contributed by atoms with Gasteiger partial charge in [-0.2, -0.15) is 0 Å². The summed E-state index contributed by atoms with van der Waals surface area (Å²) in [5, 5.41) is 34.2. The van der Waals surface area contributed by atoms with Crippen LogP contribution in [-0.4, -0.2) is 65.6 Å². The summed E-state index contributed by atoms with van der Waals surface area (Å²) in [6, 6.07) is 16.1. The van der Waals surface area contributed by atoms with Crippen molar-refractivity contribution in [1.82, 2.24) is 0 Å². The number of fused-ring (bicyclic) bond motifs is 1. The zero-order valence-corrected chi connectivity index (χ0v) is 24.3. The molecule has 0 bridgehead atoms. The van der Waals surface area contributed by atoms with Gasteiger partial charge in [-0.15, -0.1) is 0 Å². The summed E-state index contributed by atoms with van der Waals surface area (Å²) in [5.74, 6) is 0.290. The lowest BCUT2D eigenvalue weighted by molar-refractivity contribution is -0.306. The average Bonchev–Trinajstić information content (AvgIpc) is 2.97. The summed E-state index contributed by atoms with van der Waals surface area (Å²) in [5.41, 5.74) is 0.346. The second-order valence-electron chi connectivity index (χ2n) is 10.8. The van der Waals surface area contributed by atoms with Crippen LogP contribution in [0.25, 0.3) is 22.1 Å². The molecular weight excluding hydrogens is 558 g/mol. The first kappa shape index (κ1) is 30.1. The highest BCUT2D eigenvalue weighted by Gasteiger charge is 2.50. The third-order valence-corrected chi connectivity index (χ3v) is 7.51. The number of nitrogens with one attached hydrogen (secondary N) is 1. The van der Waals surface area contributed by atoms with Gasteiger partial charge >= 0.3 is 5.63 Å². The molecule has 11 heteroatoms. The van der Waals surface area contributed by atoms with Crippen molar-refractivity contribution in [1.29, 1.82) is 0 Å². The molecule has 4 N–H and O–H groups in total. The summed E-state index contributed by atoms with van der Waals surface area (Å²) in [7, 11) is 2.93. The second-order valence-corrected chi connectivity index (χ2v) is 10.8. The van der Waals surface area contributed by atoms with Crippen LogP contribution in [0.2, 0.25) is 0 Å². The number of carbonyl (C=O) groups is 1. The number of phenolic OH excluding ortho intramolecular Hbond substituents is 1. The molecule has 5 rings (SSSR count). The summed E-state index contributed by atoms with van der Waals surface area (Å²) in [6.07, 6.45) is -4.65. The zero-order chi connectivity index (χ0) is 31.1. The van der Waals surface area contributed by atoms with E-state index in [1.165, 1.54) is 26.4 Å². The second kappa shape index (κ2) is 11.7. The van der Waals surface area contributed by atoms with E-state index in [1.807, 2.05) is 0 Å². The maximum absolute atomic E-state index is 13.2. The molecular formula is C32H33NO10. The molecule has 0 spiro atoms. The van der Waals surface area contributed by atoms with Crippen molar-refractivity contribution in [2.45, 2.75) is 51.0 Å². The van der Waals surface area contributed by atoms with E-state index in [4.69, 9.17) is 23.4 Å². The number of aliphatic hydroxyl groups excluding tert-OH is 2. The minimum Gasteiger partial charge on any atom is -0.508 e. The normalized spacial score (nSPS) is 21.4. The molecule has 11 nitrogen and oxygen atoms in total. The highest BCUT2D eigenvalue weighted by atomic mass is 16.7. The number of carbonyl (C=O) groups excluding carboxylic acids is 1. The van der Waals surface area contributed by atoms with Crippen molar-refractivity contribution < 1.29 is 43.5 Å². The number of hydrogen-bond donors (Lipinski definition) is 4. The Morgan fingerprint density at radius 1 is 0.977 bits per heavy atom. The van der Waals surface area contributed by atoms with E-state index < -0.39 is 41.7 Å². The van der Waals surface area contributed by atoms with Gasteiger partial charge in [-0.3, -0.25) is 4.79 Å². The van der Waals surface area contributed by atoms with Gasteiger partial charge in [0.25, 0.3) is 5.91 Å². The Morgan fingerprint density at radius 2 is 1.72 bits per heavy atom. The van der Waals surface area contributed by atoms with Gasteiger partial charge in [-0.1, -0.05) is 12.1 Å². The Morgan fingerprint density at radius 3 is 2.42 bits per heavy atom. The molecule has 1 fully saturated rings. The lowest BCUT2D eigenvalue weighted by atomic mass is 9.89. The SMILES string of the molecule is COc1ccc(C(=O)Nc2cc3ccc(OC4OC(C)(C)C(OC)C(O)C4O)c(C)c3oc2=O)cc1-c1cccc(O)c1. The van der Waals surface area contributed by atoms with Crippen LogP contribution in [-0.2, 0) is 9.47 Å². The molecule has 4 unspecified atom stereocenters. The first-order chi connectivity index (χ1) is 20.4. The van der Waals surface area contributed by atoms with E-state index in [0.717, 1.165) is 0 Å². The smallest absolute Gasteiger partial charge is 0.360 e. The Kier molecular flexibility index (Phi) is 8.17. The lowest BCUT2D eigenvalue weighted by Crippen LogP contribution is -2.63. The van der Waals surface area contributed by atoms with Gasteiger partial charge in [0.15, 0.2) is 0 Å². The fourth-order valence-electron chi connectivity index (χ4n) is 5.29. The van der Waals surface area contributed by atoms with Crippen LogP contribution in [0.5, 0.6) is 17.2 Å². The number of aryl methyl sites for hydroxylation is 1. The minimum atomic E-state index is -1.40. The van der Waals surface area contributed by atoms with Gasteiger partial charge in [-0.05, 0) is 74.9 Å². The third-order valence-electron chi connectivity index (χ3n) is 7.51. The zero-order valence-electron chi connectivity index (χ0n) is 24.3. The first-order valence-electron chi connectivity index (χ1n) is 13.5. The van der Waals surface area contributed by atoms with Gasteiger partial charge in [0.05, 0.1) is 12.7 Å². The number of benzene rings is 3. The molecule has 1 amide bonds. The lowest BCUT2D eigenvalue weighted by Gasteiger charge is -2.46. The van der Waals surface area contributed by atoms with Gasteiger partial charge < -0.3 is 44.0 Å². The molecule has 1 saturated heterocycles. The van der Waals surface area contributed by atoms with E-state index in [0.29, 0.717) is 27.8 Å². The molecule has 1 aliphatic heterocycles. The summed E-state index contributed by atoms with van der Waals surface area (Å²) >= 11 is 0. The van der Waals surface area contributed by atoms with E-state index in [-0.39, 0.29) is 28.3 Å². The largest absolute Gasteiger partial charge is 0.508 e. The Bertz CT molecular complexity index is 1730. The van der Waals surface area contributed by atoms with Crippen molar-refractivity contribution in [3.05, 3.63) is 82.2 Å². The number of methoxy groups -OCH3 is 2. The summed E-state index contributed by atoms with van der Waals surface area (Å²) in [4.78, 5) is 26.1. The van der Waals surface area contributed by atoms with Crippen molar-refractivity contribution in [2.75, 3.05) is 19.5 Å². The quantitative estimate of drug-likeness (QED) is 0.232. The van der Waals surface area contributed by atoms with Gasteiger partial charge in [0, 0.05) is 29.2 Å². The standard InChI is InChI=1S/C32H33NO10/c1-16-23(41-31-26(36)25(35)28(40-5)32(2,3)43-31)11-9-18-15-22(30(38)42-27(16)18)33-29(37)19-10-12-24(39-4)21(14-19)17-7-6-8-20(34)13-17/h6-15,25-26,28,31,34-36H,1-5H3,(H,33,37). The number of phenols is 1. The van der Waals surface area contributed by atoms with E-state index in [1.54, 1.807) is 69.3 Å². The molecule has 0 aliphatic carbocycles. The molecule has 1 aliphatic rings. The molecule has 43 heavy (non-hydrogen) atoms. The molecule has 3 aromatic carbocycles. The van der Waals surface area contributed by atoms with Crippen LogP contribution < -0.4 is 20.4 Å². The highest BCUT2D eigenvalue weighted by Crippen LogP contribution is 2.36.